The van der Waals surface area contributed by atoms with E-state index >= 15 is 0 Å². The predicted molar refractivity (Wildman–Crippen MR) is 118 cm³/mol. The largest absolute Gasteiger partial charge is 0.458 e. The summed E-state index contributed by atoms with van der Waals surface area (Å²) in [5, 5.41) is 11.8. The molecule has 1 aromatic rings. The number of hydrogen-bond donors (Lipinski definition) is 1. The third kappa shape index (κ3) is 4.15. The third-order valence-electron chi connectivity index (χ3n) is 8.15. The Bertz CT molecular complexity index is 739. The minimum absolute atomic E-state index is 0.0684. The molecule has 0 spiro atoms. The molecule has 3 atom stereocenters. The molecule has 1 saturated carbocycles. The number of carbonyl (C=O) groups excluding carboxylic acids is 1. The van der Waals surface area contributed by atoms with E-state index in [1.807, 2.05) is 30.3 Å². The Morgan fingerprint density at radius 2 is 1.71 bits per heavy atom. The quantitative estimate of drug-likeness (QED) is 0.702. The molecule has 4 heterocycles. The highest BCUT2D eigenvalue weighted by Gasteiger charge is 2.51. The lowest BCUT2D eigenvalue weighted by Crippen LogP contribution is -2.63. The molecule has 31 heavy (non-hydrogen) atoms. The van der Waals surface area contributed by atoms with Gasteiger partial charge in [-0.1, -0.05) is 43.2 Å². The summed E-state index contributed by atoms with van der Waals surface area (Å²) in [6, 6.07) is 9.69. The summed E-state index contributed by atoms with van der Waals surface area (Å²) in [4.78, 5) is 18.7. The van der Waals surface area contributed by atoms with Crippen molar-refractivity contribution in [3.05, 3.63) is 35.9 Å². The maximum atomic E-state index is 13.7. The molecule has 0 amide bonds. The minimum Gasteiger partial charge on any atom is -0.458 e. The number of esters is 1. The van der Waals surface area contributed by atoms with Crippen molar-refractivity contribution < 1.29 is 19.4 Å². The number of aliphatic hydroxyl groups is 1. The lowest BCUT2D eigenvalue weighted by atomic mass is 9.78. The number of hydrogen-bond acceptors (Lipinski definition) is 6. The zero-order chi connectivity index (χ0) is 21.3. The van der Waals surface area contributed by atoms with Crippen LogP contribution in [0.25, 0.3) is 0 Å². The van der Waals surface area contributed by atoms with E-state index in [2.05, 4.69) is 9.80 Å². The van der Waals surface area contributed by atoms with Crippen molar-refractivity contribution in [2.75, 3.05) is 45.9 Å². The van der Waals surface area contributed by atoms with Crippen molar-refractivity contribution >= 4 is 5.97 Å². The number of rotatable bonds is 6. The van der Waals surface area contributed by atoms with Crippen molar-refractivity contribution in [3.8, 4) is 0 Å². The second-order valence-electron chi connectivity index (χ2n) is 9.84. The van der Waals surface area contributed by atoms with Gasteiger partial charge in [-0.3, -0.25) is 9.80 Å². The van der Waals surface area contributed by atoms with Gasteiger partial charge in [0.1, 0.15) is 6.10 Å². The number of ether oxygens (including phenoxy) is 2. The van der Waals surface area contributed by atoms with Gasteiger partial charge in [-0.05, 0) is 50.3 Å². The van der Waals surface area contributed by atoms with Crippen LogP contribution in [0.1, 0.15) is 44.1 Å². The first-order valence-electron chi connectivity index (χ1n) is 12.2. The highest BCUT2D eigenvalue weighted by Crippen LogP contribution is 2.43. The fraction of sp³-hybridized carbons (Fsp3) is 0.720. The Morgan fingerprint density at radius 3 is 2.39 bits per heavy atom. The van der Waals surface area contributed by atoms with Crippen molar-refractivity contribution in [2.24, 2.45) is 11.8 Å². The summed E-state index contributed by atoms with van der Waals surface area (Å²) in [6.45, 7) is 6.49. The maximum Gasteiger partial charge on any atom is 0.343 e. The summed E-state index contributed by atoms with van der Waals surface area (Å²) >= 11 is 0. The van der Waals surface area contributed by atoms with Gasteiger partial charge in [0.2, 0.25) is 0 Å². The Balaban J connectivity index is 1.38. The first-order chi connectivity index (χ1) is 15.2. The molecule has 1 N–H and O–H groups in total. The molecular formula is C25H36N2O4. The van der Waals surface area contributed by atoms with Gasteiger partial charge < -0.3 is 14.6 Å². The monoisotopic (exact) mass is 428 g/mol. The summed E-state index contributed by atoms with van der Waals surface area (Å²) < 4.78 is 11.8. The molecule has 4 saturated heterocycles. The summed E-state index contributed by atoms with van der Waals surface area (Å²) in [6.07, 6.45) is 5.87. The Labute approximate surface area is 185 Å². The van der Waals surface area contributed by atoms with Crippen LogP contribution < -0.4 is 0 Å². The van der Waals surface area contributed by atoms with Crippen molar-refractivity contribution in [1.29, 1.82) is 0 Å². The topological polar surface area (TPSA) is 62.2 Å². The number of benzene rings is 1. The van der Waals surface area contributed by atoms with Crippen molar-refractivity contribution in [3.63, 3.8) is 0 Å². The SMILES string of the molecule is O=C(O[C@H]1C2CCN(CC2)[C@@H]1CN1CCOCC1)[C@](O)(c1ccccc1)C1CCCC1. The van der Waals surface area contributed by atoms with Crippen LogP contribution in [0.5, 0.6) is 0 Å². The first kappa shape index (κ1) is 21.4. The van der Waals surface area contributed by atoms with Gasteiger partial charge in [0.25, 0.3) is 0 Å². The summed E-state index contributed by atoms with van der Waals surface area (Å²) in [7, 11) is 0. The molecule has 0 unspecified atom stereocenters. The van der Waals surface area contributed by atoms with E-state index in [0.717, 1.165) is 84.5 Å². The van der Waals surface area contributed by atoms with Gasteiger partial charge in [0.05, 0.1) is 19.3 Å². The number of piperidine rings is 3. The fourth-order valence-electron chi connectivity index (χ4n) is 6.31. The van der Waals surface area contributed by atoms with E-state index in [1.54, 1.807) is 0 Å². The smallest absolute Gasteiger partial charge is 0.343 e. The number of carbonyl (C=O) groups is 1. The number of fused-ring (bicyclic) bond motifs is 3. The van der Waals surface area contributed by atoms with Gasteiger partial charge in [0, 0.05) is 25.6 Å². The van der Waals surface area contributed by atoms with Gasteiger partial charge in [-0.2, -0.15) is 0 Å². The zero-order valence-corrected chi connectivity index (χ0v) is 18.5. The van der Waals surface area contributed by atoms with Crippen LogP contribution in [0.3, 0.4) is 0 Å². The second-order valence-corrected chi connectivity index (χ2v) is 9.84. The minimum atomic E-state index is -1.55. The lowest BCUT2D eigenvalue weighted by molar-refractivity contribution is -0.195. The van der Waals surface area contributed by atoms with Gasteiger partial charge in [0.15, 0.2) is 5.60 Å². The van der Waals surface area contributed by atoms with Gasteiger partial charge in [-0.15, -0.1) is 0 Å². The van der Waals surface area contributed by atoms with E-state index in [4.69, 9.17) is 9.47 Å². The normalized spacial score (nSPS) is 33.8. The second kappa shape index (κ2) is 9.18. The van der Waals surface area contributed by atoms with Crippen LogP contribution in [0.15, 0.2) is 30.3 Å². The molecular weight excluding hydrogens is 392 g/mol. The predicted octanol–water partition coefficient (Wildman–Crippen LogP) is 2.40. The summed E-state index contributed by atoms with van der Waals surface area (Å²) in [5.74, 6) is -0.110. The van der Waals surface area contributed by atoms with Crippen LogP contribution in [-0.4, -0.2) is 79.0 Å². The molecule has 1 aliphatic carbocycles. The van der Waals surface area contributed by atoms with Crippen LogP contribution >= 0.6 is 0 Å². The molecule has 6 rings (SSSR count). The molecule has 4 aliphatic heterocycles. The van der Waals surface area contributed by atoms with E-state index in [0.29, 0.717) is 11.5 Å². The molecule has 0 radical (unpaired) electrons. The average molecular weight is 429 g/mol. The molecule has 5 aliphatic rings. The maximum absolute atomic E-state index is 13.7. The molecule has 1 aromatic carbocycles. The summed E-state index contributed by atoms with van der Waals surface area (Å²) in [5.41, 5.74) is -0.870. The molecule has 0 aromatic heterocycles. The Hall–Kier alpha value is -1.47. The molecule has 2 bridgehead atoms. The Morgan fingerprint density at radius 1 is 1.03 bits per heavy atom. The highest BCUT2D eigenvalue weighted by molar-refractivity contribution is 5.82. The third-order valence-corrected chi connectivity index (χ3v) is 8.15. The van der Waals surface area contributed by atoms with E-state index in [-0.39, 0.29) is 18.1 Å². The Kier molecular flexibility index (Phi) is 6.33. The standard InChI is InChI=1S/C25H36N2O4/c28-24(25(29,21-8-4-5-9-21)20-6-2-1-3-7-20)31-23-19-10-12-27(13-11-19)22(23)18-26-14-16-30-17-15-26/h1-3,6-7,19,21-23,29H,4-5,8-18H2/t22-,23+,25+/m1/s1. The van der Waals surface area contributed by atoms with Crippen molar-refractivity contribution in [1.82, 2.24) is 9.80 Å². The van der Waals surface area contributed by atoms with E-state index in [1.165, 1.54) is 0 Å². The first-order valence-corrected chi connectivity index (χ1v) is 12.2. The van der Waals surface area contributed by atoms with Crippen LogP contribution in [-0.2, 0) is 19.9 Å². The van der Waals surface area contributed by atoms with Crippen LogP contribution in [0.2, 0.25) is 0 Å². The average Bonchev–Trinajstić information content (AvgIpc) is 3.37. The highest BCUT2D eigenvalue weighted by atomic mass is 16.6. The molecule has 170 valence electrons. The van der Waals surface area contributed by atoms with E-state index in [9.17, 15) is 9.90 Å². The van der Waals surface area contributed by atoms with Crippen LogP contribution in [0, 0.1) is 11.8 Å². The van der Waals surface area contributed by atoms with Crippen LogP contribution in [0.4, 0.5) is 0 Å². The fourth-order valence-corrected chi connectivity index (χ4v) is 6.31. The van der Waals surface area contributed by atoms with Crippen molar-refractivity contribution in [2.45, 2.75) is 56.3 Å². The zero-order valence-electron chi connectivity index (χ0n) is 18.5. The van der Waals surface area contributed by atoms with E-state index < -0.39 is 11.6 Å². The van der Waals surface area contributed by atoms with Gasteiger partial charge in [-0.25, -0.2) is 4.79 Å². The number of morpholine rings is 1. The molecule has 6 heteroatoms. The lowest BCUT2D eigenvalue weighted by Gasteiger charge is -2.52. The van der Waals surface area contributed by atoms with Gasteiger partial charge >= 0.3 is 5.97 Å². The molecule has 6 nitrogen and oxygen atoms in total. The number of nitrogens with zero attached hydrogens (tertiary/aromatic N) is 2. The molecule has 5 fully saturated rings.